The summed E-state index contributed by atoms with van der Waals surface area (Å²) in [6.07, 6.45) is 11.5. The van der Waals surface area contributed by atoms with Gasteiger partial charge in [0.1, 0.15) is 22.6 Å². The number of piperidine rings is 1. The van der Waals surface area contributed by atoms with Crippen molar-refractivity contribution < 1.29 is 13.5 Å². The van der Waals surface area contributed by atoms with Crippen molar-refractivity contribution in [2.45, 2.75) is 24.9 Å². The monoisotopic (exact) mass is 577 g/mol. The van der Waals surface area contributed by atoms with Gasteiger partial charge in [-0.2, -0.15) is 4.39 Å². The van der Waals surface area contributed by atoms with E-state index in [9.17, 15) is 4.39 Å². The van der Waals surface area contributed by atoms with Crippen LogP contribution in [0.25, 0.3) is 22.4 Å². The number of hydrogen-bond acceptors (Lipinski definition) is 9. The lowest BCUT2D eigenvalue weighted by atomic mass is 9.86. The van der Waals surface area contributed by atoms with Crippen molar-refractivity contribution in [2.75, 3.05) is 30.8 Å². The van der Waals surface area contributed by atoms with Gasteiger partial charge in [0.25, 0.3) is 0 Å². The molecule has 0 bridgehead atoms. The highest BCUT2D eigenvalue weighted by atomic mass is 35.5. The first-order chi connectivity index (χ1) is 19.8. The summed E-state index contributed by atoms with van der Waals surface area (Å²) in [5.41, 5.74) is 15.2. The molecule has 0 aliphatic carbocycles. The number of nitrogens with zero attached hydrogens (tertiary/aromatic N) is 7. The van der Waals surface area contributed by atoms with Crippen molar-refractivity contribution in [3.63, 3.8) is 0 Å². The second kappa shape index (κ2) is 10.4. The number of aliphatic imine (C=N–C) groups is 1. The molecular weight excluding hydrogens is 552 g/mol. The number of allylic oxidation sites excluding steroid dienone is 3. The Labute approximate surface area is 239 Å². The average molecular weight is 578 g/mol. The molecule has 6 rings (SSSR count). The minimum Gasteiger partial charge on any atom is -0.494 e. The summed E-state index contributed by atoms with van der Waals surface area (Å²) in [4.78, 5) is 24.2. The fourth-order valence-electron chi connectivity index (χ4n) is 5.40. The molecule has 0 radical (unpaired) electrons. The van der Waals surface area contributed by atoms with Gasteiger partial charge in [0, 0.05) is 24.4 Å². The van der Waals surface area contributed by atoms with Crippen LogP contribution in [0.2, 0.25) is 0 Å². The van der Waals surface area contributed by atoms with Gasteiger partial charge < -0.3 is 25.7 Å². The van der Waals surface area contributed by atoms with Crippen LogP contribution in [-0.4, -0.2) is 55.4 Å². The van der Waals surface area contributed by atoms with E-state index in [1.165, 1.54) is 25.6 Å². The van der Waals surface area contributed by atoms with E-state index in [0.717, 1.165) is 24.1 Å². The first kappa shape index (κ1) is 26.6. The third-order valence-electron chi connectivity index (χ3n) is 7.46. The molecule has 2 aliphatic heterocycles. The van der Waals surface area contributed by atoms with Crippen LogP contribution in [-0.2, 0) is 6.54 Å². The number of halogens is 3. The van der Waals surface area contributed by atoms with Gasteiger partial charge in [0.05, 0.1) is 37.6 Å². The molecule has 41 heavy (non-hydrogen) atoms. The van der Waals surface area contributed by atoms with Gasteiger partial charge in [-0.3, -0.25) is 9.98 Å². The van der Waals surface area contributed by atoms with Crippen LogP contribution in [0.5, 0.6) is 5.75 Å². The lowest BCUT2D eigenvalue weighted by Crippen LogP contribution is -2.50. The number of imidazole rings is 1. The molecule has 0 unspecified atom stereocenters. The van der Waals surface area contributed by atoms with Crippen LogP contribution >= 0.6 is 11.6 Å². The minimum absolute atomic E-state index is 0.00618. The van der Waals surface area contributed by atoms with Crippen molar-refractivity contribution in [3.8, 4) is 17.0 Å². The number of fused-ring (bicyclic) bond motifs is 1. The molecule has 10 nitrogen and oxygen atoms in total. The largest absolute Gasteiger partial charge is 0.494 e. The van der Waals surface area contributed by atoms with Crippen LogP contribution in [0.3, 0.4) is 0 Å². The number of aromatic nitrogens is 5. The van der Waals surface area contributed by atoms with Crippen molar-refractivity contribution >= 4 is 39.4 Å². The number of rotatable bonds is 5. The van der Waals surface area contributed by atoms with Gasteiger partial charge in [-0.25, -0.2) is 19.3 Å². The summed E-state index contributed by atoms with van der Waals surface area (Å²) in [6, 6.07) is 4.55. The zero-order valence-corrected chi connectivity index (χ0v) is 22.8. The molecule has 210 valence electrons. The predicted octanol–water partition coefficient (Wildman–Crippen LogP) is 4.19. The maximum Gasteiger partial charge on any atom is 0.201 e. The van der Waals surface area contributed by atoms with Gasteiger partial charge in [-0.1, -0.05) is 17.7 Å². The summed E-state index contributed by atoms with van der Waals surface area (Å²) in [7, 11) is 1.28. The summed E-state index contributed by atoms with van der Waals surface area (Å²) in [5.74, 6) is -2.06. The standard InChI is InChI=1S/C28H26ClF2N9O/c1-41-20-7-6-17(23(30)24(20)31)18-10-16(12-40-15-37-25-26(33)35-14-36-27(25)40)19(11-34-18)39-9-3-8-28(13-39)21(32)4-2-5-22(29)38-28/h2,4-7,10-11,14-15H,3,8-9,12-13,32H2,1H3,(H2,33,35,36)/t28-/m1/s1. The quantitative estimate of drug-likeness (QED) is 0.361. The van der Waals surface area contributed by atoms with E-state index in [1.807, 2.05) is 10.6 Å². The second-order valence-corrected chi connectivity index (χ2v) is 10.3. The van der Waals surface area contributed by atoms with E-state index in [0.29, 0.717) is 41.7 Å². The molecule has 1 spiro atoms. The van der Waals surface area contributed by atoms with Gasteiger partial charge in [0.2, 0.25) is 5.82 Å². The summed E-state index contributed by atoms with van der Waals surface area (Å²) >= 11 is 6.37. The molecule has 4 N–H and O–H groups in total. The molecule has 1 fully saturated rings. The molecule has 4 aromatic rings. The third-order valence-corrected chi connectivity index (χ3v) is 7.67. The Morgan fingerprint density at radius 3 is 2.80 bits per heavy atom. The second-order valence-electron chi connectivity index (χ2n) is 9.92. The highest BCUT2D eigenvalue weighted by Crippen LogP contribution is 2.37. The molecular formula is C28H26ClF2N9O. The Bertz CT molecular complexity index is 1750. The normalized spacial score (nSPS) is 18.9. The Hall–Kier alpha value is -4.58. The molecule has 2 aliphatic rings. The fraction of sp³-hybridized carbons (Fsp3) is 0.250. The number of nitrogen functional groups attached to an aromatic ring is 1. The number of hydrogen-bond donors (Lipinski definition) is 2. The number of ether oxygens (including phenoxy) is 1. The summed E-state index contributed by atoms with van der Waals surface area (Å²) < 4.78 is 36.5. The highest BCUT2D eigenvalue weighted by molar-refractivity contribution is 6.68. The van der Waals surface area contributed by atoms with Crippen molar-refractivity contribution in [1.29, 1.82) is 0 Å². The van der Waals surface area contributed by atoms with Crippen molar-refractivity contribution in [3.05, 3.63) is 78.2 Å². The van der Waals surface area contributed by atoms with E-state index >= 15 is 4.39 Å². The zero-order valence-electron chi connectivity index (χ0n) is 22.1. The number of pyridine rings is 1. The number of benzene rings is 1. The topological polar surface area (TPSA) is 133 Å². The first-order valence-electron chi connectivity index (χ1n) is 12.9. The Morgan fingerprint density at radius 1 is 1.12 bits per heavy atom. The third kappa shape index (κ3) is 4.73. The van der Waals surface area contributed by atoms with Gasteiger partial charge in [0.15, 0.2) is 23.0 Å². The molecule has 5 heterocycles. The SMILES string of the molecule is COc1ccc(-c2cc(Cn3cnc4c(N)ncnc43)c(N3CCC[C@]4(C3)N=C(Cl)C=CC=C4N)cn2)c(F)c1F. The first-order valence-corrected chi connectivity index (χ1v) is 13.2. The fourth-order valence-corrected chi connectivity index (χ4v) is 5.63. The Kier molecular flexibility index (Phi) is 6.78. The van der Waals surface area contributed by atoms with Crippen LogP contribution in [0.1, 0.15) is 18.4 Å². The summed E-state index contributed by atoms with van der Waals surface area (Å²) in [5, 5.41) is 0.372. The zero-order chi connectivity index (χ0) is 28.7. The van der Waals surface area contributed by atoms with Gasteiger partial charge in [-0.15, -0.1) is 0 Å². The van der Waals surface area contributed by atoms with Crippen molar-refractivity contribution in [2.24, 2.45) is 10.7 Å². The minimum atomic E-state index is -1.08. The average Bonchev–Trinajstić information content (AvgIpc) is 3.32. The molecule has 0 saturated carbocycles. The smallest absolute Gasteiger partial charge is 0.201 e. The van der Waals surface area contributed by atoms with E-state index in [1.54, 1.807) is 30.7 Å². The van der Waals surface area contributed by atoms with Crippen LogP contribution in [0.4, 0.5) is 20.3 Å². The van der Waals surface area contributed by atoms with Crippen molar-refractivity contribution in [1.82, 2.24) is 24.5 Å². The van der Waals surface area contributed by atoms with E-state index in [-0.39, 0.29) is 22.8 Å². The predicted molar refractivity (Wildman–Crippen MR) is 154 cm³/mol. The van der Waals surface area contributed by atoms with Crippen LogP contribution in [0, 0.1) is 11.6 Å². The Morgan fingerprint density at radius 2 is 1.98 bits per heavy atom. The van der Waals surface area contributed by atoms with Crippen LogP contribution < -0.4 is 21.1 Å². The number of nitrogens with two attached hydrogens (primary N) is 2. The van der Waals surface area contributed by atoms with Gasteiger partial charge >= 0.3 is 0 Å². The number of methoxy groups -OCH3 is 1. The molecule has 13 heteroatoms. The summed E-state index contributed by atoms with van der Waals surface area (Å²) in [6.45, 7) is 1.44. The van der Waals surface area contributed by atoms with E-state index in [4.69, 9.17) is 32.8 Å². The molecule has 3 aromatic heterocycles. The van der Waals surface area contributed by atoms with E-state index < -0.39 is 17.2 Å². The maximum absolute atomic E-state index is 15.1. The Balaban J connectivity index is 1.46. The molecule has 1 atom stereocenters. The van der Waals surface area contributed by atoms with E-state index in [2.05, 4.69) is 24.8 Å². The molecule has 1 saturated heterocycles. The lowest BCUT2D eigenvalue weighted by Gasteiger charge is -2.42. The van der Waals surface area contributed by atoms with Gasteiger partial charge in [-0.05, 0) is 48.8 Å². The highest BCUT2D eigenvalue weighted by Gasteiger charge is 2.39. The lowest BCUT2D eigenvalue weighted by molar-refractivity contribution is 0.372. The molecule has 1 aromatic carbocycles. The molecule has 0 amide bonds. The maximum atomic E-state index is 15.1. The van der Waals surface area contributed by atoms with Crippen LogP contribution in [0.15, 0.2) is 66.0 Å². The number of anilines is 2.